The lowest BCUT2D eigenvalue weighted by molar-refractivity contribution is -0.138. The molecule has 3 nitrogen and oxygen atoms in total. The summed E-state index contributed by atoms with van der Waals surface area (Å²) < 4.78 is 0. The first-order valence-electron chi connectivity index (χ1n) is 5.96. The largest absolute Gasteiger partial charge is 0.481 e. The van der Waals surface area contributed by atoms with Gasteiger partial charge in [0.25, 0.3) is 0 Å². The molecule has 1 atom stereocenters. The zero-order valence-corrected chi connectivity index (χ0v) is 11.3. The van der Waals surface area contributed by atoms with Gasteiger partial charge in [0.2, 0.25) is 0 Å². The fraction of sp³-hybridized carbons (Fsp3) is 0.200. The fourth-order valence-electron chi connectivity index (χ4n) is 1.90. The number of benzene rings is 1. The second kappa shape index (κ2) is 5.85. The van der Waals surface area contributed by atoms with E-state index in [1.54, 1.807) is 12.3 Å². The minimum atomic E-state index is -0.870. The van der Waals surface area contributed by atoms with Gasteiger partial charge in [-0.1, -0.05) is 29.8 Å². The smallest absolute Gasteiger partial charge is 0.311 e. The van der Waals surface area contributed by atoms with Crippen molar-refractivity contribution in [1.29, 1.82) is 0 Å². The highest BCUT2D eigenvalue weighted by Crippen LogP contribution is 2.25. The number of hydrogen-bond acceptors (Lipinski definition) is 2. The first-order chi connectivity index (χ1) is 9.08. The fourth-order valence-corrected chi connectivity index (χ4v) is 2.09. The SMILES string of the molecule is Cc1ccc(C(Cc2ccccn2)C(=O)O)cc1Cl. The number of aliphatic carboxylic acids is 1. The van der Waals surface area contributed by atoms with Gasteiger partial charge in [-0.3, -0.25) is 9.78 Å². The van der Waals surface area contributed by atoms with Crippen molar-refractivity contribution in [2.45, 2.75) is 19.3 Å². The van der Waals surface area contributed by atoms with E-state index in [-0.39, 0.29) is 0 Å². The van der Waals surface area contributed by atoms with E-state index in [1.807, 2.05) is 37.3 Å². The van der Waals surface area contributed by atoms with Crippen molar-refractivity contribution >= 4 is 17.6 Å². The Morgan fingerprint density at radius 2 is 2.16 bits per heavy atom. The molecule has 0 saturated heterocycles. The molecular weight excluding hydrogens is 262 g/mol. The van der Waals surface area contributed by atoms with Gasteiger partial charge in [0, 0.05) is 23.3 Å². The Morgan fingerprint density at radius 3 is 2.74 bits per heavy atom. The highest BCUT2D eigenvalue weighted by atomic mass is 35.5. The monoisotopic (exact) mass is 275 g/mol. The van der Waals surface area contributed by atoms with E-state index < -0.39 is 11.9 Å². The van der Waals surface area contributed by atoms with Gasteiger partial charge < -0.3 is 5.11 Å². The molecule has 2 aromatic rings. The minimum Gasteiger partial charge on any atom is -0.481 e. The van der Waals surface area contributed by atoms with Crippen LogP contribution in [0.25, 0.3) is 0 Å². The number of carboxylic acid groups (broad SMARTS) is 1. The van der Waals surface area contributed by atoms with E-state index in [0.29, 0.717) is 17.0 Å². The third-order valence-corrected chi connectivity index (χ3v) is 3.44. The van der Waals surface area contributed by atoms with E-state index in [2.05, 4.69) is 4.98 Å². The van der Waals surface area contributed by atoms with Crippen LogP contribution in [0.5, 0.6) is 0 Å². The first kappa shape index (κ1) is 13.6. The molecule has 0 fully saturated rings. The summed E-state index contributed by atoms with van der Waals surface area (Å²) in [5, 5.41) is 9.97. The van der Waals surface area contributed by atoms with E-state index in [1.165, 1.54) is 0 Å². The molecular formula is C15H14ClNO2. The summed E-state index contributed by atoms with van der Waals surface area (Å²) in [6.07, 6.45) is 2.02. The van der Waals surface area contributed by atoms with E-state index in [4.69, 9.17) is 11.6 Å². The molecule has 0 aliphatic heterocycles. The van der Waals surface area contributed by atoms with Gasteiger partial charge in [-0.2, -0.15) is 0 Å². The van der Waals surface area contributed by atoms with Crippen LogP contribution >= 0.6 is 11.6 Å². The molecule has 0 aliphatic carbocycles. The predicted octanol–water partition coefficient (Wildman–Crippen LogP) is 3.45. The Kier molecular flexibility index (Phi) is 4.17. The topological polar surface area (TPSA) is 50.2 Å². The highest BCUT2D eigenvalue weighted by molar-refractivity contribution is 6.31. The molecule has 1 N–H and O–H groups in total. The van der Waals surface area contributed by atoms with Crippen LogP contribution < -0.4 is 0 Å². The Bertz CT molecular complexity index is 584. The van der Waals surface area contributed by atoms with Crippen molar-refractivity contribution in [3.8, 4) is 0 Å². The second-order valence-electron chi connectivity index (χ2n) is 4.42. The van der Waals surface area contributed by atoms with Crippen molar-refractivity contribution < 1.29 is 9.90 Å². The van der Waals surface area contributed by atoms with Crippen LogP contribution in [0, 0.1) is 6.92 Å². The third kappa shape index (κ3) is 3.32. The number of carboxylic acids is 1. The number of halogens is 1. The summed E-state index contributed by atoms with van der Waals surface area (Å²) in [5.74, 6) is -1.50. The third-order valence-electron chi connectivity index (χ3n) is 3.04. The maximum absolute atomic E-state index is 11.4. The molecule has 0 radical (unpaired) electrons. The van der Waals surface area contributed by atoms with Crippen LogP contribution in [-0.4, -0.2) is 16.1 Å². The molecule has 1 aromatic heterocycles. The van der Waals surface area contributed by atoms with Gasteiger partial charge in [-0.25, -0.2) is 0 Å². The van der Waals surface area contributed by atoms with Crippen LogP contribution in [0.1, 0.15) is 22.7 Å². The molecule has 98 valence electrons. The minimum absolute atomic E-state index is 0.357. The molecule has 0 saturated carbocycles. The van der Waals surface area contributed by atoms with Gasteiger partial charge >= 0.3 is 5.97 Å². The summed E-state index contributed by atoms with van der Waals surface area (Å²) in [5.41, 5.74) is 2.40. The molecule has 0 spiro atoms. The van der Waals surface area contributed by atoms with Gasteiger partial charge in [-0.05, 0) is 36.2 Å². The lowest BCUT2D eigenvalue weighted by Gasteiger charge is -2.13. The number of pyridine rings is 1. The summed E-state index contributed by atoms with van der Waals surface area (Å²) in [6, 6.07) is 10.9. The lowest BCUT2D eigenvalue weighted by Crippen LogP contribution is -2.15. The molecule has 0 bridgehead atoms. The molecule has 1 aromatic carbocycles. The Hall–Kier alpha value is -1.87. The van der Waals surface area contributed by atoms with Crippen LogP contribution in [-0.2, 0) is 11.2 Å². The van der Waals surface area contributed by atoms with Crippen molar-refractivity contribution in [3.63, 3.8) is 0 Å². The molecule has 4 heteroatoms. The van der Waals surface area contributed by atoms with Crippen molar-refractivity contribution in [1.82, 2.24) is 4.98 Å². The van der Waals surface area contributed by atoms with Crippen LogP contribution in [0.2, 0.25) is 5.02 Å². The van der Waals surface area contributed by atoms with E-state index in [9.17, 15) is 9.90 Å². The number of aromatic nitrogens is 1. The lowest BCUT2D eigenvalue weighted by atomic mass is 9.93. The van der Waals surface area contributed by atoms with E-state index in [0.717, 1.165) is 11.3 Å². The number of aryl methyl sites for hydroxylation is 1. The van der Waals surface area contributed by atoms with Crippen molar-refractivity contribution in [2.75, 3.05) is 0 Å². The number of hydrogen-bond donors (Lipinski definition) is 1. The average Bonchev–Trinajstić information content (AvgIpc) is 2.40. The quantitative estimate of drug-likeness (QED) is 0.930. The molecule has 19 heavy (non-hydrogen) atoms. The summed E-state index contributed by atoms with van der Waals surface area (Å²) in [4.78, 5) is 15.6. The van der Waals surface area contributed by atoms with Crippen LogP contribution in [0.4, 0.5) is 0 Å². The Labute approximate surface area is 116 Å². The second-order valence-corrected chi connectivity index (χ2v) is 4.83. The maximum Gasteiger partial charge on any atom is 0.311 e. The normalized spacial score (nSPS) is 12.1. The number of carbonyl (C=O) groups is 1. The van der Waals surface area contributed by atoms with Crippen molar-refractivity contribution in [3.05, 3.63) is 64.4 Å². The van der Waals surface area contributed by atoms with Gasteiger partial charge in [0.1, 0.15) is 0 Å². The Balaban J connectivity index is 2.30. The van der Waals surface area contributed by atoms with Crippen molar-refractivity contribution in [2.24, 2.45) is 0 Å². The number of rotatable bonds is 4. The zero-order valence-electron chi connectivity index (χ0n) is 10.5. The number of nitrogens with zero attached hydrogens (tertiary/aromatic N) is 1. The summed E-state index contributed by atoms with van der Waals surface area (Å²) in [6.45, 7) is 1.89. The van der Waals surface area contributed by atoms with Gasteiger partial charge in [0.05, 0.1) is 5.92 Å². The molecule has 0 amide bonds. The highest BCUT2D eigenvalue weighted by Gasteiger charge is 2.21. The maximum atomic E-state index is 11.4. The average molecular weight is 276 g/mol. The molecule has 1 heterocycles. The first-order valence-corrected chi connectivity index (χ1v) is 6.34. The van der Waals surface area contributed by atoms with Crippen LogP contribution in [0.3, 0.4) is 0 Å². The Morgan fingerprint density at radius 1 is 1.37 bits per heavy atom. The zero-order chi connectivity index (χ0) is 13.8. The van der Waals surface area contributed by atoms with Crippen LogP contribution in [0.15, 0.2) is 42.6 Å². The summed E-state index contributed by atoms with van der Waals surface area (Å²) in [7, 11) is 0. The standard InChI is InChI=1S/C15H14ClNO2/c1-10-5-6-11(8-14(10)16)13(15(18)19)9-12-4-2-3-7-17-12/h2-8,13H,9H2,1H3,(H,18,19). The summed E-state index contributed by atoms with van der Waals surface area (Å²) >= 11 is 6.06. The molecule has 0 aliphatic rings. The van der Waals surface area contributed by atoms with Gasteiger partial charge in [-0.15, -0.1) is 0 Å². The predicted molar refractivity (Wildman–Crippen MR) is 74.5 cm³/mol. The van der Waals surface area contributed by atoms with Gasteiger partial charge in [0.15, 0.2) is 0 Å². The molecule has 2 rings (SSSR count). The molecule has 1 unspecified atom stereocenters. The van der Waals surface area contributed by atoms with E-state index >= 15 is 0 Å².